The van der Waals surface area contributed by atoms with Crippen LogP contribution in [0.4, 0.5) is 5.95 Å². The number of nitriles is 1. The summed E-state index contributed by atoms with van der Waals surface area (Å²) in [6, 6.07) is 7.44. The highest BCUT2D eigenvalue weighted by Gasteiger charge is 2.29. The topological polar surface area (TPSA) is 84.2 Å². The molecule has 1 aromatic carbocycles. The van der Waals surface area contributed by atoms with Gasteiger partial charge >= 0.3 is 0 Å². The van der Waals surface area contributed by atoms with Gasteiger partial charge < -0.3 is 14.4 Å². The first-order valence-corrected chi connectivity index (χ1v) is 8.35. The van der Waals surface area contributed by atoms with Crippen molar-refractivity contribution in [3.05, 3.63) is 28.8 Å². The zero-order valence-corrected chi connectivity index (χ0v) is 15.1. The van der Waals surface area contributed by atoms with E-state index in [4.69, 9.17) is 21.1 Å². The minimum atomic E-state index is 0.236. The van der Waals surface area contributed by atoms with Gasteiger partial charge in [-0.15, -0.1) is 0 Å². The Hall–Kier alpha value is -3.11. The Bertz CT molecular complexity index is 1090. The molecule has 7 nitrogen and oxygen atoms in total. The third kappa shape index (κ3) is 2.38. The molecule has 0 saturated heterocycles. The predicted octanol–water partition coefficient (Wildman–Crippen LogP) is 3.79. The zero-order chi connectivity index (χ0) is 18.4. The van der Waals surface area contributed by atoms with Gasteiger partial charge in [0.05, 0.1) is 12.0 Å². The number of benzene rings is 1. The second-order valence-corrected chi connectivity index (χ2v) is 6.31. The summed E-state index contributed by atoms with van der Waals surface area (Å²) in [5.41, 5.74) is 2.04. The molecule has 1 aliphatic heterocycles. The first kappa shape index (κ1) is 16.4. The number of anilines is 1. The summed E-state index contributed by atoms with van der Waals surface area (Å²) in [6.07, 6.45) is 0. The average molecular weight is 368 g/mol. The third-order valence-corrected chi connectivity index (χ3v) is 4.21. The minimum Gasteiger partial charge on any atom is -0.477 e. The third-order valence-electron chi connectivity index (χ3n) is 3.98. The number of hydrogen-bond donors (Lipinski definition) is 0. The molecule has 8 heteroatoms. The van der Waals surface area contributed by atoms with Crippen LogP contribution in [-0.4, -0.2) is 35.7 Å². The van der Waals surface area contributed by atoms with Crippen LogP contribution in [0.5, 0.6) is 17.5 Å². The Morgan fingerprint density at radius 2 is 2.08 bits per heavy atom. The van der Waals surface area contributed by atoms with E-state index in [1.54, 1.807) is 23.1 Å². The summed E-state index contributed by atoms with van der Waals surface area (Å²) >= 11 is 6.18. The Morgan fingerprint density at radius 3 is 2.77 bits per heavy atom. The number of aromatic nitrogens is 3. The van der Waals surface area contributed by atoms with Gasteiger partial charge in [0.1, 0.15) is 17.4 Å². The van der Waals surface area contributed by atoms with E-state index in [1.165, 1.54) is 0 Å². The SMILES string of the molecule is CCOc1nc2nc(N(C)C)nc3c2c(c1C#N)-c1cc(Cl)ccc1O3. The van der Waals surface area contributed by atoms with Crippen LogP contribution in [0.1, 0.15) is 12.5 Å². The summed E-state index contributed by atoms with van der Waals surface area (Å²) in [4.78, 5) is 15.2. The van der Waals surface area contributed by atoms with E-state index in [9.17, 15) is 5.26 Å². The average Bonchev–Trinajstić information content (AvgIpc) is 2.62. The van der Waals surface area contributed by atoms with Crippen LogP contribution < -0.4 is 14.4 Å². The molecule has 0 unspecified atom stereocenters. The molecule has 0 atom stereocenters. The highest BCUT2D eigenvalue weighted by molar-refractivity contribution is 6.31. The molecule has 0 fully saturated rings. The van der Waals surface area contributed by atoms with Gasteiger partial charge in [-0.25, -0.2) is 0 Å². The predicted molar refractivity (Wildman–Crippen MR) is 98.1 cm³/mol. The van der Waals surface area contributed by atoms with Crippen molar-refractivity contribution in [1.82, 2.24) is 15.0 Å². The van der Waals surface area contributed by atoms with Crippen LogP contribution in [-0.2, 0) is 0 Å². The smallest absolute Gasteiger partial charge is 0.234 e. The number of halogens is 1. The van der Waals surface area contributed by atoms with E-state index in [0.29, 0.717) is 56.9 Å². The second kappa shape index (κ2) is 6.00. The van der Waals surface area contributed by atoms with Crippen LogP contribution in [0.25, 0.3) is 22.2 Å². The van der Waals surface area contributed by atoms with Gasteiger partial charge in [0, 0.05) is 30.2 Å². The maximum absolute atomic E-state index is 9.78. The molecular formula is C18H14ClN5O2. The number of pyridine rings is 1. The van der Waals surface area contributed by atoms with E-state index < -0.39 is 0 Å². The van der Waals surface area contributed by atoms with E-state index in [0.717, 1.165) is 0 Å². The number of ether oxygens (including phenoxy) is 2. The first-order valence-electron chi connectivity index (χ1n) is 7.97. The van der Waals surface area contributed by atoms with Crippen molar-refractivity contribution < 1.29 is 9.47 Å². The van der Waals surface area contributed by atoms with E-state index in [1.807, 2.05) is 21.0 Å². The summed E-state index contributed by atoms with van der Waals surface area (Å²) < 4.78 is 11.6. The fraction of sp³-hybridized carbons (Fsp3) is 0.222. The number of nitrogens with zero attached hydrogens (tertiary/aromatic N) is 5. The lowest BCUT2D eigenvalue weighted by molar-refractivity contribution is 0.327. The minimum absolute atomic E-state index is 0.236. The highest BCUT2D eigenvalue weighted by atomic mass is 35.5. The van der Waals surface area contributed by atoms with Crippen molar-refractivity contribution in [3.8, 4) is 34.7 Å². The zero-order valence-electron chi connectivity index (χ0n) is 14.4. The van der Waals surface area contributed by atoms with Gasteiger partial charge in [-0.1, -0.05) is 11.6 Å². The maximum atomic E-state index is 9.78. The number of rotatable bonds is 3. The fourth-order valence-electron chi connectivity index (χ4n) is 2.88. The van der Waals surface area contributed by atoms with Crippen LogP contribution in [0.2, 0.25) is 5.02 Å². The molecule has 0 radical (unpaired) electrons. The molecular weight excluding hydrogens is 354 g/mol. The molecule has 1 aliphatic rings. The van der Waals surface area contributed by atoms with Crippen molar-refractivity contribution >= 4 is 28.6 Å². The van der Waals surface area contributed by atoms with Gasteiger partial charge in [0.25, 0.3) is 0 Å². The molecule has 4 rings (SSSR count). The molecule has 26 heavy (non-hydrogen) atoms. The van der Waals surface area contributed by atoms with Gasteiger partial charge in [-0.2, -0.15) is 20.2 Å². The monoisotopic (exact) mass is 367 g/mol. The summed E-state index contributed by atoms with van der Waals surface area (Å²) in [6.45, 7) is 2.22. The quantitative estimate of drug-likeness (QED) is 0.544. The number of fused-ring (bicyclic) bond motifs is 2. The van der Waals surface area contributed by atoms with Crippen molar-refractivity contribution in [3.63, 3.8) is 0 Å². The molecule has 3 aromatic rings. The van der Waals surface area contributed by atoms with Gasteiger partial charge in [-0.3, -0.25) is 0 Å². The molecule has 2 aromatic heterocycles. The molecule has 0 amide bonds. The lowest BCUT2D eigenvalue weighted by Gasteiger charge is -2.23. The van der Waals surface area contributed by atoms with Gasteiger partial charge in [0.15, 0.2) is 5.65 Å². The normalized spacial score (nSPS) is 11.5. The number of hydrogen-bond acceptors (Lipinski definition) is 7. The Balaban J connectivity index is 2.18. The summed E-state index contributed by atoms with van der Waals surface area (Å²) in [7, 11) is 3.66. The highest BCUT2D eigenvalue weighted by Crippen LogP contribution is 2.49. The lowest BCUT2D eigenvalue weighted by Crippen LogP contribution is -2.15. The van der Waals surface area contributed by atoms with Gasteiger partial charge in [-0.05, 0) is 25.1 Å². The van der Waals surface area contributed by atoms with Crippen molar-refractivity contribution in [2.75, 3.05) is 25.6 Å². The van der Waals surface area contributed by atoms with Crippen LogP contribution in [0.3, 0.4) is 0 Å². The molecule has 0 bridgehead atoms. The molecule has 3 heterocycles. The maximum Gasteiger partial charge on any atom is 0.234 e. The lowest BCUT2D eigenvalue weighted by atomic mass is 9.95. The standard InChI is InChI=1S/C18H14ClN5O2/c1-4-25-16-11(8-20)13-10-7-9(19)5-6-12(10)26-17-14(13)15(21-16)22-18(23-17)24(2)3/h5-7H,4H2,1-3H3. The Kier molecular flexibility index (Phi) is 3.78. The van der Waals surface area contributed by atoms with Crippen LogP contribution in [0.15, 0.2) is 18.2 Å². The van der Waals surface area contributed by atoms with E-state index >= 15 is 0 Å². The van der Waals surface area contributed by atoms with Crippen LogP contribution >= 0.6 is 11.6 Å². The largest absolute Gasteiger partial charge is 0.477 e. The van der Waals surface area contributed by atoms with E-state index in [-0.39, 0.29) is 5.88 Å². The van der Waals surface area contributed by atoms with Crippen molar-refractivity contribution in [1.29, 1.82) is 5.26 Å². The Morgan fingerprint density at radius 1 is 1.27 bits per heavy atom. The molecule has 0 saturated carbocycles. The summed E-state index contributed by atoms with van der Waals surface area (Å²) in [5, 5.41) is 10.9. The van der Waals surface area contributed by atoms with Crippen LogP contribution in [0, 0.1) is 11.3 Å². The van der Waals surface area contributed by atoms with E-state index in [2.05, 4.69) is 21.0 Å². The van der Waals surface area contributed by atoms with Gasteiger partial charge in [0.2, 0.25) is 17.7 Å². The molecule has 0 N–H and O–H groups in total. The molecule has 0 aliphatic carbocycles. The molecule has 130 valence electrons. The molecule has 0 spiro atoms. The van der Waals surface area contributed by atoms with Crippen molar-refractivity contribution in [2.24, 2.45) is 0 Å². The van der Waals surface area contributed by atoms with Crippen molar-refractivity contribution in [2.45, 2.75) is 6.92 Å². The second-order valence-electron chi connectivity index (χ2n) is 5.88. The first-order chi connectivity index (χ1) is 12.5. The Labute approximate surface area is 154 Å². The summed E-state index contributed by atoms with van der Waals surface area (Å²) in [5.74, 6) is 1.61. The fourth-order valence-corrected chi connectivity index (χ4v) is 3.05.